The van der Waals surface area contributed by atoms with Gasteiger partial charge in [-0.3, -0.25) is 4.79 Å². The molecule has 96 valence electrons. The fourth-order valence-electron chi connectivity index (χ4n) is 2.03. The Labute approximate surface area is 110 Å². The first-order valence-electron chi connectivity index (χ1n) is 5.75. The largest absolute Gasteiger partial charge is 0.388 e. The van der Waals surface area contributed by atoms with E-state index in [0.29, 0.717) is 18.2 Å². The highest BCUT2D eigenvalue weighted by Gasteiger charge is 2.25. The van der Waals surface area contributed by atoms with Crippen LogP contribution in [0.4, 0.5) is 5.95 Å². The summed E-state index contributed by atoms with van der Waals surface area (Å²) in [4.78, 5) is 21.9. The molecule has 0 spiro atoms. The van der Waals surface area contributed by atoms with Crippen molar-refractivity contribution in [1.82, 2.24) is 9.97 Å². The van der Waals surface area contributed by atoms with Crippen molar-refractivity contribution in [1.29, 1.82) is 0 Å². The predicted molar refractivity (Wildman–Crippen MR) is 72.1 cm³/mol. The molecule has 1 aromatic rings. The van der Waals surface area contributed by atoms with Crippen LogP contribution in [-0.2, 0) is 4.79 Å². The molecule has 0 bridgehead atoms. The second-order valence-electron chi connectivity index (χ2n) is 4.29. The number of carbonyl (C=O) groups is 1. The van der Waals surface area contributed by atoms with Crippen LogP contribution in [0, 0.1) is 5.92 Å². The van der Waals surface area contributed by atoms with Gasteiger partial charge in [0.05, 0.1) is 5.92 Å². The number of hydrogen-bond donors (Lipinski definition) is 2. The number of nitrogens with two attached hydrogens (primary N) is 2. The van der Waals surface area contributed by atoms with Gasteiger partial charge in [-0.25, -0.2) is 9.97 Å². The van der Waals surface area contributed by atoms with E-state index in [1.165, 1.54) is 0 Å². The van der Waals surface area contributed by atoms with Gasteiger partial charge in [-0.15, -0.1) is 0 Å². The third-order valence-corrected chi connectivity index (χ3v) is 3.21. The number of rotatable bonds is 3. The van der Waals surface area contributed by atoms with E-state index in [0.717, 1.165) is 19.4 Å². The van der Waals surface area contributed by atoms with Gasteiger partial charge in [0, 0.05) is 19.3 Å². The topological polar surface area (TPSA) is 98.1 Å². The van der Waals surface area contributed by atoms with Gasteiger partial charge in [-0.2, -0.15) is 0 Å². The van der Waals surface area contributed by atoms with Crippen molar-refractivity contribution < 1.29 is 4.79 Å². The van der Waals surface area contributed by atoms with Crippen LogP contribution in [0.15, 0.2) is 12.3 Å². The van der Waals surface area contributed by atoms with Gasteiger partial charge in [-0.1, -0.05) is 12.2 Å². The van der Waals surface area contributed by atoms with Crippen LogP contribution in [0.1, 0.15) is 18.5 Å². The van der Waals surface area contributed by atoms with Crippen LogP contribution in [0.2, 0.25) is 0 Å². The lowest BCUT2D eigenvalue weighted by atomic mass is 9.98. The van der Waals surface area contributed by atoms with Crippen molar-refractivity contribution in [2.45, 2.75) is 12.8 Å². The fraction of sp³-hybridized carbons (Fsp3) is 0.455. The summed E-state index contributed by atoms with van der Waals surface area (Å²) in [6.07, 6.45) is 3.33. The molecule has 0 aromatic carbocycles. The van der Waals surface area contributed by atoms with E-state index in [1.807, 2.05) is 4.90 Å². The van der Waals surface area contributed by atoms with E-state index in [1.54, 1.807) is 12.3 Å². The summed E-state index contributed by atoms with van der Waals surface area (Å²) in [6.45, 7) is 1.36. The van der Waals surface area contributed by atoms with Crippen molar-refractivity contribution in [2.24, 2.45) is 17.4 Å². The van der Waals surface area contributed by atoms with Crippen molar-refractivity contribution in [3.63, 3.8) is 0 Å². The fourth-order valence-corrected chi connectivity index (χ4v) is 2.14. The van der Waals surface area contributed by atoms with Gasteiger partial charge < -0.3 is 16.4 Å². The highest BCUT2D eigenvalue weighted by Crippen LogP contribution is 2.20. The minimum atomic E-state index is -0.273. The van der Waals surface area contributed by atoms with Gasteiger partial charge in [0.25, 0.3) is 0 Å². The molecular formula is C11H15N5OS. The molecule has 2 heterocycles. The van der Waals surface area contributed by atoms with E-state index in [9.17, 15) is 4.79 Å². The Hall–Kier alpha value is -1.76. The molecule has 1 saturated heterocycles. The van der Waals surface area contributed by atoms with Crippen molar-refractivity contribution >= 4 is 29.1 Å². The zero-order valence-electron chi connectivity index (χ0n) is 9.87. The summed E-state index contributed by atoms with van der Waals surface area (Å²) in [6, 6.07) is 1.67. The standard InChI is InChI=1S/C11H15N5OS/c12-9(17)7-2-1-5-16(6-7)11-14-4-3-8(15-11)10(13)18/h3-4,7H,1-2,5-6H2,(H2,12,17)(H2,13,18). The number of piperidine rings is 1. The minimum absolute atomic E-state index is 0.143. The van der Waals surface area contributed by atoms with Crippen molar-refractivity contribution in [2.75, 3.05) is 18.0 Å². The number of thiocarbonyl (C=S) groups is 1. The van der Waals surface area contributed by atoms with E-state index in [-0.39, 0.29) is 16.8 Å². The molecule has 0 radical (unpaired) electrons. The number of nitrogens with zero attached hydrogens (tertiary/aromatic N) is 3. The molecule has 1 unspecified atom stereocenters. The van der Waals surface area contributed by atoms with Gasteiger partial charge in [-0.05, 0) is 18.9 Å². The number of anilines is 1. The summed E-state index contributed by atoms with van der Waals surface area (Å²) in [7, 11) is 0. The van der Waals surface area contributed by atoms with E-state index in [4.69, 9.17) is 23.7 Å². The second kappa shape index (κ2) is 5.26. The Balaban J connectivity index is 2.18. The summed E-state index contributed by atoms with van der Waals surface area (Å²) in [5.74, 6) is 0.132. The van der Waals surface area contributed by atoms with Gasteiger partial charge in [0.2, 0.25) is 11.9 Å². The molecular weight excluding hydrogens is 250 g/mol. The predicted octanol–water partition coefficient (Wildman–Crippen LogP) is -0.188. The maximum atomic E-state index is 11.2. The molecule has 1 aliphatic rings. The summed E-state index contributed by atoms with van der Waals surface area (Å²) < 4.78 is 0. The van der Waals surface area contributed by atoms with Gasteiger partial charge in [0.1, 0.15) is 10.7 Å². The quantitative estimate of drug-likeness (QED) is 0.735. The lowest BCUT2D eigenvalue weighted by Gasteiger charge is -2.31. The lowest BCUT2D eigenvalue weighted by molar-refractivity contribution is -0.122. The number of hydrogen-bond acceptors (Lipinski definition) is 5. The molecule has 2 rings (SSSR count). The molecule has 4 N–H and O–H groups in total. The highest BCUT2D eigenvalue weighted by molar-refractivity contribution is 7.80. The van der Waals surface area contributed by atoms with E-state index >= 15 is 0 Å². The third kappa shape index (κ3) is 2.73. The zero-order chi connectivity index (χ0) is 13.1. The SMILES string of the molecule is NC(=O)C1CCCN(c2nccc(C(N)=S)n2)C1. The zero-order valence-corrected chi connectivity index (χ0v) is 10.7. The molecule has 18 heavy (non-hydrogen) atoms. The first-order chi connectivity index (χ1) is 8.58. The molecule has 1 aliphatic heterocycles. The van der Waals surface area contributed by atoms with Crippen LogP contribution in [0.25, 0.3) is 0 Å². The van der Waals surface area contributed by atoms with E-state index in [2.05, 4.69) is 9.97 Å². The number of carbonyl (C=O) groups excluding carboxylic acids is 1. The average Bonchev–Trinajstić information content (AvgIpc) is 2.39. The smallest absolute Gasteiger partial charge is 0.225 e. The summed E-state index contributed by atoms with van der Waals surface area (Å²) >= 11 is 4.88. The number of aromatic nitrogens is 2. The number of primary amides is 1. The third-order valence-electron chi connectivity index (χ3n) is 3.00. The molecule has 1 atom stereocenters. The normalized spacial score (nSPS) is 19.6. The number of amides is 1. The van der Waals surface area contributed by atoms with Crippen LogP contribution in [0.3, 0.4) is 0 Å². The maximum Gasteiger partial charge on any atom is 0.225 e. The summed E-state index contributed by atoms with van der Waals surface area (Å²) in [5.41, 5.74) is 11.4. The minimum Gasteiger partial charge on any atom is -0.388 e. The average molecular weight is 265 g/mol. The Morgan fingerprint density at radius 3 is 2.94 bits per heavy atom. The Bertz CT molecular complexity index is 478. The van der Waals surface area contributed by atoms with Gasteiger partial charge >= 0.3 is 0 Å². The van der Waals surface area contributed by atoms with Crippen LogP contribution in [0.5, 0.6) is 0 Å². The lowest BCUT2D eigenvalue weighted by Crippen LogP contribution is -2.42. The van der Waals surface area contributed by atoms with E-state index < -0.39 is 0 Å². The second-order valence-corrected chi connectivity index (χ2v) is 4.73. The Kier molecular flexibility index (Phi) is 3.71. The first kappa shape index (κ1) is 12.7. The Morgan fingerprint density at radius 2 is 2.28 bits per heavy atom. The molecule has 1 fully saturated rings. The van der Waals surface area contributed by atoms with Crippen molar-refractivity contribution in [3.8, 4) is 0 Å². The van der Waals surface area contributed by atoms with Gasteiger partial charge in [0.15, 0.2) is 0 Å². The monoisotopic (exact) mass is 265 g/mol. The molecule has 0 aliphatic carbocycles. The first-order valence-corrected chi connectivity index (χ1v) is 6.16. The van der Waals surface area contributed by atoms with Crippen LogP contribution in [-0.4, -0.2) is 34.0 Å². The molecule has 1 amide bonds. The molecule has 7 heteroatoms. The summed E-state index contributed by atoms with van der Waals surface area (Å²) in [5, 5.41) is 0. The Morgan fingerprint density at radius 1 is 1.50 bits per heavy atom. The highest BCUT2D eigenvalue weighted by atomic mass is 32.1. The van der Waals surface area contributed by atoms with Crippen molar-refractivity contribution in [3.05, 3.63) is 18.0 Å². The van der Waals surface area contributed by atoms with Crippen LogP contribution >= 0.6 is 12.2 Å². The molecule has 1 aromatic heterocycles. The van der Waals surface area contributed by atoms with Crippen LogP contribution < -0.4 is 16.4 Å². The molecule has 6 nitrogen and oxygen atoms in total. The maximum absolute atomic E-state index is 11.2. The molecule has 0 saturated carbocycles.